The molecule has 0 aromatic heterocycles. The molecule has 0 spiro atoms. The van der Waals surface area contributed by atoms with Gasteiger partial charge >= 0.3 is 0 Å². The van der Waals surface area contributed by atoms with Crippen LogP contribution in [0.4, 0.5) is 0 Å². The number of hydrogen-bond donors (Lipinski definition) is 2. The maximum atomic E-state index is 4.37. The molecule has 118 valence electrons. The van der Waals surface area contributed by atoms with Crippen molar-refractivity contribution in [1.29, 1.82) is 0 Å². The minimum atomic E-state index is 0. The Labute approximate surface area is 141 Å². The molecule has 1 saturated carbocycles. The van der Waals surface area contributed by atoms with E-state index in [2.05, 4.69) is 27.6 Å². The third-order valence-electron chi connectivity index (χ3n) is 4.45. The van der Waals surface area contributed by atoms with Gasteiger partial charge in [-0.2, -0.15) is 0 Å². The highest BCUT2D eigenvalue weighted by Crippen LogP contribution is 2.17. The fraction of sp³-hybridized carbons (Fsp3) is 0.933. The van der Waals surface area contributed by atoms with Crippen molar-refractivity contribution in [2.75, 3.05) is 33.7 Å². The van der Waals surface area contributed by atoms with Crippen molar-refractivity contribution >= 4 is 29.9 Å². The molecule has 2 N–H and O–H groups in total. The fourth-order valence-corrected chi connectivity index (χ4v) is 3.32. The Kier molecular flexibility index (Phi) is 8.84. The van der Waals surface area contributed by atoms with Crippen LogP contribution >= 0.6 is 24.0 Å². The van der Waals surface area contributed by atoms with Crippen molar-refractivity contribution in [3.63, 3.8) is 0 Å². The number of guanidine groups is 1. The molecular formula is C15H31IN4. The maximum Gasteiger partial charge on any atom is 0.191 e. The summed E-state index contributed by atoms with van der Waals surface area (Å²) in [5.74, 6) is 1.77. The number of piperidine rings is 1. The van der Waals surface area contributed by atoms with Gasteiger partial charge in [-0.25, -0.2) is 0 Å². The van der Waals surface area contributed by atoms with Gasteiger partial charge in [0.05, 0.1) is 0 Å². The molecule has 2 fully saturated rings. The molecule has 5 heteroatoms. The van der Waals surface area contributed by atoms with Gasteiger partial charge in [0.15, 0.2) is 5.96 Å². The van der Waals surface area contributed by atoms with Crippen LogP contribution in [0.15, 0.2) is 4.99 Å². The monoisotopic (exact) mass is 394 g/mol. The standard InChI is InChI=1S/C15H30N4.HI/c1-16-15(18-14-8-4-3-5-9-14)17-11-13-7-6-10-19(2)12-13;/h13-14H,3-12H2,1-2H3,(H2,16,17,18);1H. The molecule has 4 nitrogen and oxygen atoms in total. The highest BCUT2D eigenvalue weighted by atomic mass is 127. The predicted octanol–water partition coefficient (Wildman–Crippen LogP) is 2.44. The van der Waals surface area contributed by atoms with Crippen LogP contribution < -0.4 is 10.6 Å². The molecule has 1 aliphatic carbocycles. The third-order valence-corrected chi connectivity index (χ3v) is 4.45. The molecule has 1 heterocycles. The minimum Gasteiger partial charge on any atom is -0.356 e. The van der Waals surface area contributed by atoms with Crippen LogP contribution in [0.2, 0.25) is 0 Å². The van der Waals surface area contributed by atoms with Crippen LogP contribution in [-0.4, -0.2) is 50.6 Å². The van der Waals surface area contributed by atoms with Crippen molar-refractivity contribution < 1.29 is 0 Å². The average molecular weight is 394 g/mol. The lowest BCUT2D eigenvalue weighted by atomic mass is 9.95. The molecule has 20 heavy (non-hydrogen) atoms. The van der Waals surface area contributed by atoms with Crippen molar-refractivity contribution in [3.05, 3.63) is 0 Å². The van der Waals surface area contributed by atoms with Crippen molar-refractivity contribution in [2.24, 2.45) is 10.9 Å². The maximum absolute atomic E-state index is 4.37. The number of nitrogens with one attached hydrogen (secondary N) is 2. The van der Waals surface area contributed by atoms with Crippen LogP contribution in [0.3, 0.4) is 0 Å². The van der Waals surface area contributed by atoms with Crippen LogP contribution in [-0.2, 0) is 0 Å². The molecule has 2 rings (SSSR count). The molecule has 0 amide bonds. The summed E-state index contributed by atoms with van der Waals surface area (Å²) in [6, 6.07) is 0.633. The highest BCUT2D eigenvalue weighted by molar-refractivity contribution is 14.0. The second-order valence-electron chi connectivity index (χ2n) is 6.20. The van der Waals surface area contributed by atoms with Crippen molar-refractivity contribution in [3.8, 4) is 0 Å². The first-order valence-corrected chi connectivity index (χ1v) is 7.93. The van der Waals surface area contributed by atoms with E-state index in [1.807, 2.05) is 7.05 Å². The molecule has 0 radical (unpaired) electrons. The molecule has 2 aliphatic rings. The molecular weight excluding hydrogens is 363 g/mol. The number of likely N-dealkylation sites (tertiary alicyclic amines) is 1. The van der Waals surface area contributed by atoms with Crippen LogP contribution in [0.25, 0.3) is 0 Å². The Morgan fingerprint density at radius 1 is 1.15 bits per heavy atom. The van der Waals surface area contributed by atoms with E-state index in [4.69, 9.17) is 0 Å². The van der Waals surface area contributed by atoms with Gasteiger partial charge < -0.3 is 15.5 Å². The first-order valence-electron chi connectivity index (χ1n) is 7.93. The van der Waals surface area contributed by atoms with E-state index in [1.165, 1.54) is 58.0 Å². The first-order chi connectivity index (χ1) is 9.28. The zero-order valence-corrected chi connectivity index (χ0v) is 15.4. The minimum absolute atomic E-state index is 0. The fourth-order valence-electron chi connectivity index (χ4n) is 3.32. The van der Waals surface area contributed by atoms with E-state index in [-0.39, 0.29) is 24.0 Å². The van der Waals surface area contributed by atoms with Crippen LogP contribution in [0, 0.1) is 5.92 Å². The average Bonchev–Trinajstić information content (AvgIpc) is 2.44. The zero-order chi connectivity index (χ0) is 13.5. The molecule has 0 aromatic rings. The Morgan fingerprint density at radius 3 is 2.55 bits per heavy atom. The summed E-state index contributed by atoms with van der Waals surface area (Å²) in [6.07, 6.45) is 9.40. The lowest BCUT2D eigenvalue weighted by Gasteiger charge is -2.31. The highest BCUT2D eigenvalue weighted by Gasteiger charge is 2.18. The second kappa shape index (κ2) is 9.82. The summed E-state index contributed by atoms with van der Waals surface area (Å²) in [7, 11) is 4.10. The number of hydrogen-bond acceptors (Lipinski definition) is 2. The topological polar surface area (TPSA) is 39.7 Å². The Balaban J connectivity index is 0.00000200. The van der Waals surface area contributed by atoms with Gasteiger partial charge in [-0.05, 0) is 45.2 Å². The van der Waals surface area contributed by atoms with E-state index in [1.54, 1.807) is 0 Å². The summed E-state index contributed by atoms with van der Waals surface area (Å²) >= 11 is 0. The van der Waals surface area contributed by atoms with Crippen LogP contribution in [0.1, 0.15) is 44.9 Å². The van der Waals surface area contributed by atoms with Crippen LogP contribution in [0.5, 0.6) is 0 Å². The molecule has 1 aliphatic heterocycles. The number of aliphatic imine (C=N–C) groups is 1. The summed E-state index contributed by atoms with van der Waals surface area (Å²) in [6.45, 7) is 3.52. The van der Waals surface area contributed by atoms with Gasteiger partial charge in [0.1, 0.15) is 0 Å². The lowest BCUT2D eigenvalue weighted by Crippen LogP contribution is -2.47. The van der Waals surface area contributed by atoms with Gasteiger partial charge in [0.25, 0.3) is 0 Å². The summed E-state index contributed by atoms with van der Waals surface area (Å²) < 4.78 is 0. The number of rotatable bonds is 3. The quantitative estimate of drug-likeness (QED) is 0.439. The Bertz CT molecular complexity index is 290. The largest absolute Gasteiger partial charge is 0.356 e. The van der Waals surface area contributed by atoms with Gasteiger partial charge in [0.2, 0.25) is 0 Å². The van der Waals surface area contributed by atoms with Gasteiger partial charge in [-0.3, -0.25) is 4.99 Å². The van der Waals surface area contributed by atoms with Gasteiger partial charge in [0, 0.05) is 26.2 Å². The van der Waals surface area contributed by atoms with Gasteiger partial charge in [-0.1, -0.05) is 19.3 Å². The Morgan fingerprint density at radius 2 is 1.90 bits per heavy atom. The first kappa shape index (κ1) is 18.0. The van der Waals surface area contributed by atoms with Gasteiger partial charge in [-0.15, -0.1) is 24.0 Å². The van der Waals surface area contributed by atoms with E-state index in [9.17, 15) is 0 Å². The van der Waals surface area contributed by atoms with E-state index in [0.717, 1.165) is 18.4 Å². The van der Waals surface area contributed by atoms with Crippen molar-refractivity contribution in [2.45, 2.75) is 51.0 Å². The summed E-state index contributed by atoms with van der Waals surface area (Å²) in [5.41, 5.74) is 0. The predicted molar refractivity (Wildman–Crippen MR) is 97.0 cm³/mol. The summed E-state index contributed by atoms with van der Waals surface area (Å²) in [4.78, 5) is 6.80. The van der Waals surface area contributed by atoms with E-state index >= 15 is 0 Å². The number of halogens is 1. The van der Waals surface area contributed by atoms with E-state index < -0.39 is 0 Å². The Hall–Kier alpha value is -0.0400. The SMILES string of the molecule is CN=C(NCC1CCCN(C)C1)NC1CCCCC1.I. The molecule has 0 bridgehead atoms. The zero-order valence-electron chi connectivity index (χ0n) is 13.0. The second-order valence-corrected chi connectivity index (χ2v) is 6.20. The van der Waals surface area contributed by atoms with Crippen molar-refractivity contribution in [1.82, 2.24) is 15.5 Å². The molecule has 1 saturated heterocycles. The third kappa shape index (κ3) is 6.16. The molecule has 0 aromatic carbocycles. The molecule has 1 unspecified atom stereocenters. The lowest BCUT2D eigenvalue weighted by molar-refractivity contribution is 0.210. The van der Waals surface area contributed by atoms with E-state index in [0.29, 0.717) is 6.04 Å². The number of nitrogens with zero attached hydrogens (tertiary/aromatic N) is 2. The normalized spacial score (nSPS) is 25.9. The molecule has 1 atom stereocenters. The summed E-state index contributed by atoms with van der Waals surface area (Å²) in [5, 5.41) is 7.10. The smallest absolute Gasteiger partial charge is 0.191 e.